The highest BCUT2D eigenvalue weighted by atomic mass is 79.9. The van der Waals surface area contributed by atoms with Crippen LogP contribution in [-0.4, -0.2) is 23.0 Å². The first kappa shape index (κ1) is 18.5. The van der Waals surface area contributed by atoms with E-state index in [9.17, 15) is 4.79 Å². The molecule has 8 nitrogen and oxygen atoms in total. The molecule has 0 saturated carbocycles. The zero-order valence-corrected chi connectivity index (χ0v) is 15.9. The van der Waals surface area contributed by atoms with E-state index in [-0.39, 0.29) is 17.4 Å². The Bertz CT molecular complexity index is 949. The van der Waals surface area contributed by atoms with Gasteiger partial charge in [0.05, 0.1) is 12.8 Å². The minimum absolute atomic E-state index is 0.267. The van der Waals surface area contributed by atoms with E-state index in [0.29, 0.717) is 17.1 Å². The largest absolute Gasteiger partial charge is 0.497 e. The Morgan fingerprint density at radius 1 is 1.07 bits per heavy atom. The molecular formula is C18H17BrN6O2. The Morgan fingerprint density at radius 3 is 2.48 bits per heavy atom. The first-order chi connectivity index (χ1) is 13.1. The topological polar surface area (TPSA) is 114 Å². The molecule has 1 heterocycles. The summed E-state index contributed by atoms with van der Waals surface area (Å²) < 4.78 is 5.94. The lowest BCUT2D eigenvalue weighted by atomic mass is 10.2. The molecule has 27 heavy (non-hydrogen) atoms. The fourth-order valence-corrected chi connectivity index (χ4v) is 2.60. The van der Waals surface area contributed by atoms with E-state index in [0.717, 1.165) is 10.2 Å². The maximum Gasteiger partial charge on any atom is 0.269 e. The van der Waals surface area contributed by atoms with E-state index >= 15 is 0 Å². The number of nitrogen functional groups attached to an aromatic ring is 1. The van der Waals surface area contributed by atoms with Crippen LogP contribution >= 0.6 is 15.9 Å². The first-order valence-electron chi connectivity index (χ1n) is 7.91. The maximum atomic E-state index is 12.2. The number of nitrogens with two attached hydrogens (primary N) is 1. The van der Waals surface area contributed by atoms with Crippen molar-refractivity contribution in [2.45, 2.75) is 0 Å². The highest BCUT2D eigenvalue weighted by Gasteiger charge is 2.11. The van der Waals surface area contributed by atoms with Crippen molar-refractivity contribution in [3.63, 3.8) is 0 Å². The quantitative estimate of drug-likeness (QED) is 0.445. The van der Waals surface area contributed by atoms with Crippen LogP contribution in [0.1, 0.15) is 10.4 Å². The van der Waals surface area contributed by atoms with E-state index in [4.69, 9.17) is 10.5 Å². The SMILES string of the molecule is COc1ccc(C(=O)NNc2ncnc(Nc3ccccc3Br)c2N)cc1. The van der Waals surface area contributed by atoms with Crippen LogP contribution in [0.2, 0.25) is 0 Å². The van der Waals surface area contributed by atoms with Crippen molar-refractivity contribution in [2.75, 3.05) is 23.6 Å². The van der Waals surface area contributed by atoms with Gasteiger partial charge in [-0.15, -0.1) is 0 Å². The molecule has 0 atom stereocenters. The van der Waals surface area contributed by atoms with Gasteiger partial charge in [-0.2, -0.15) is 0 Å². The Kier molecular flexibility index (Phi) is 5.72. The molecule has 0 unspecified atom stereocenters. The number of hydrogen-bond donors (Lipinski definition) is 4. The second kappa shape index (κ2) is 8.37. The van der Waals surface area contributed by atoms with Crippen LogP contribution in [0.4, 0.5) is 23.0 Å². The number of aromatic nitrogens is 2. The van der Waals surface area contributed by atoms with Crippen molar-refractivity contribution in [3.05, 3.63) is 64.9 Å². The Hall–Kier alpha value is -3.33. The highest BCUT2D eigenvalue weighted by molar-refractivity contribution is 9.10. The molecule has 1 amide bonds. The van der Waals surface area contributed by atoms with Crippen LogP contribution in [0.15, 0.2) is 59.3 Å². The normalized spacial score (nSPS) is 10.1. The fraction of sp³-hybridized carbons (Fsp3) is 0.0556. The number of hydrazine groups is 1. The van der Waals surface area contributed by atoms with Crippen molar-refractivity contribution in [3.8, 4) is 5.75 Å². The molecular weight excluding hydrogens is 412 g/mol. The Labute approximate surface area is 164 Å². The van der Waals surface area contributed by atoms with Crippen molar-refractivity contribution in [1.82, 2.24) is 15.4 Å². The third-order valence-electron chi connectivity index (χ3n) is 3.66. The number of methoxy groups -OCH3 is 1. The summed E-state index contributed by atoms with van der Waals surface area (Å²) in [5.41, 5.74) is 12.9. The molecule has 0 aliphatic heterocycles. The van der Waals surface area contributed by atoms with E-state index in [2.05, 4.69) is 42.1 Å². The summed E-state index contributed by atoms with van der Waals surface area (Å²) in [6.45, 7) is 0. The molecule has 1 aromatic heterocycles. The minimum Gasteiger partial charge on any atom is -0.497 e. The lowest BCUT2D eigenvalue weighted by Crippen LogP contribution is -2.30. The molecule has 5 N–H and O–H groups in total. The van der Waals surface area contributed by atoms with Gasteiger partial charge in [0.2, 0.25) is 0 Å². The zero-order chi connectivity index (χ0) is 19.2. The first-order valence-corrected chi connectivity index (χ1v) is 8.70. The van der Waals surface area contributed by atoms with Gasteiger partial charge in [-0.1, -0.05) is 12.1 Å². The van der Waals surface area contributed by atoms with Crippen LogP contribution in [-0.2, 0) is 0 Å². The molecule has 9 heteroatoms. The number of ether oxygens (including phenoxy) is 1. The number of anilines is 4. The number of nitrogens with zero attached hydrogens (tertiary/aromatic N) is 2. The lowest BCUT2D eigenvalue weighted by Gasteiger charge is -2.14. The van der Waals surface area contributed by atoms with E-state index in [1.54, 1.807) is 31.4 Å². The molecule has 0 bridgehead atoms. The summed E-state index contributed by atoms with van der Waals surface area (Å²) in [5.74, 6) is 1.03. The van der Waals surface area contributed by atoms with E-state index in [1.165, 1.54) is 6.33 Å². The molecule has 0 spiro atoms. The summed E-state index contributed by atoms with van der Waals surface area (Å²) in [5, 5.41) is 3.12. The minimum atomic E-state index is -0.337. The molecule has 2 aromatic carbocycles. The van der Waals surface area contributed by atoms with Gasteiger partial charge in [0.25, 0.3) is 5.91 Å². The smallest absolute Gasteiger partial charge is 0.269 e. The standard InChI is InChI=1S/C18H17BrN6O2/c1-27-12-8-6-11(7-9-12)18(26)25-24-17-15(20)16(21-10-22-17)23-14-5-3-2-4-13(14)19/h2-10H,20H2,1H3,(H,25,26)(H2,21,22,23,24). The Balaban J connectivity index is 1.70. The molecule has 0 aliphatic carbocycles. The molecule has 3 aromatic rings. The highest BCUT2D eigenvalue weighted by Crippen LogP contribution is 2.29. The number of halogens is 1. The summed E-state index contributed by atoms with van der Waals surface area (Å²) in [7, 11) is 1.56. The van der Waals surface area contributed by atoms with E-state index in [1.807, 2.05) is 24.3 Å². The molecule has 138 valence electrons. The predicted molar refractivity (Wildman–Crippen MR) is 108 cm³/mol. The van der Waals surface area contributed by atoms with Gasteiger partial charge < -0.3 is 15.8 Å². The number of para-hydroxylation sites is 1. The molecule has 3 rings (SSSR count). The number of nitrogens with one attached hydrogen (secondary N) is 3. The number of benzene rings is 2. The fourth-order valence-electron chi connectivity index (χ4n) is 2.22. The Morgan fingerprint density at radius 2 is 1.78 bits per heavy atom. The molecule has 0 saturated heterocycles. The van der Waals surface area contributed by atoms with Crippen LogP contribution in [0.25, 0.3) is 0 Å². The maximum absolute atomic E-state index is 12.2. The third kappa shape index (κ3) is 4.45. The van der Waals surface area contributed by atoms with Gasteiger partial charge in [-0.05, 0) is 52.3 Å². The summed E-state index contributed by atoms with van der Waals surface area (Å²) in [4.78, 5) is 20.4. The number of hydrogen-bond acceptors (Lipinski definition) is 7. The average molecular weight is 429 g/mol. The van der Waals surface area contributed by atoms with Crippen LogP contribution < -0.4 is 26.6 Å². The molecule has 0 radical (unpaired) electrons. The molecule has 0 aliphatic rings. The number of carbonyl (C=O) groups excluding carboxylic acids is 1. The third-order valence-corrected chi connectivity index (χ3v) is 4.35. The summed E-state index contributed by atoms with van der Waals surface area (Å²) in [6.07, 6.45) is 1.34. The van der Waals surface area contributed by atoms with Crippen molar-refractivity contribution in [2.24, 2.45) is 0 Å². The number of rotatable bonds is 6. The van der Waals surface area contributed by atoms with Crippen LogP contribution in [0.5, 0.6) is 5.75 Å². The second-order valence-corrected chi connectivity index (χ2v) is 6.25. The van der Waals surface area contributed by atoms with Crippen LogP contribution in [0, 0.1) is 0 Å². The summed E-state index contributed by atoms with van der Waals surface area (Å²) >= 11 is 3.45. The molecule has 0 fully saturated rings. The van der Waals surface area contributed by atoms with Gasteiger partial charge in [0.1, 0.15) is 17.8 Å². The van der Waals surface area contributed by atoms with Crippen LogP contribution in [0.3, 0.4) is 0 Å². The number of amides is 1. The van der Waals surface area contributed by atoms with Crippen molar-refractivity contribution >= 4 is 44.8 Å². The van der Waals surface area contributed by atoms with Gasteiger partial charge in [0, 0.05) is 10.0 Å². The average Bonchev–Trinajstić information content (AvgIpc) is 2.70. The predicted octanol–water partition coefficient (Wildman–Crippen LogP) is 3.33. The monoisotopic (exact) mass is 428 g/mol. The van der Waals surface area contributed by atoms with Gasteiger partial charge in [0.15, 0.2) is 11.6 Å². The van der Waals surface area contributed by atoms with Crippen molar-refractivity contribution in [1.29, 1.82) is 0 Å². The second-order valence-electron chi connectivity index (χ2n) is 5.40. The van der Waals surface area contributed by atoms with Gasteiger partial charge >= 0.3 is 0 Å². The van der Waals surface area contributed by atoms with Gasteiger partial charge in [-0.3, -0.25) is 15.6 Å². The lowest BCUT2D eigenvalue weighted by molar-refractivity contribution is 0.0962. The summed E-state index contributed by atoms with van der Waals surface area (Å²) in [6, 6.07) is 14.3. The number of carbonyl (C=O) groups is 1. The zero-order valence-electron chi connectivity index (χ0n) is 14.4. The van der Waals surface area contributed by atoms with E-state index < -0.39 is 0 Å². The van der Waals surface area contributed by atoms with Crippen molar-refractivity contribution < 1.29 is 9.53 Å². The van der Waals surface area contributed by atoms with Gasteiger partial charge in [-0.25, -0.2) is 9.97 Å².